The third-order valence-corrected chi connectivity index (χ3v) is 6.88. The lowest BCUT2D eigenvalue weighted by atomic mass is 9.98. The quantitative estimate of drug-likeness (QED) is 0.390. The van der Waals surface area contributed by atoms with Crippen molar-refractivity contribution >= 4 is 17.2 Å². The molecule has 1 aliphatic carbocycles. The largest absolute Gasteiger partial charge is 0.272 e. The summed E-state index contributed by atoms with van der Waals surface area (Å²) >= 11 is 1.45. The lowest BCUT2D eigenvalue weighted by Crippen LogP contribution is -2.19. The van der Waals surface area contributed by atoms with Crippen molar-refractivity contribution in [2.24, 2.45) is 10.9 Å². The molecule has 1 N–H and O–H groups in total. The maximum atomic E-state index is 12.4. The molecule has 2 aromatic heterocycles. The van der Waals surface area contributed by atoms with Crippen molar-refractivity contribution in [1.29, 1.82) is 0 Å². The highest BCUT2D eigenvalue weighted by Crippen LogP contribution is 2.31. The summed E-state index contributed by atoms with van der Waals surface area (Å²) in [5, 5.41) is 20.1. The minimum atomic E-state index is -0.0459. The number of nitrogens with zero attached hydrogens (tertiary/aromatic N) is 6. The van der Waals surface area contributed by atoms with Crippen LogP contribution in [0.3, 0.4) is 0 Å². The van der Waals surface area contributed by atoms with Gasteiger partial charge in [0.2, 0.25) is 10.6 Å². The Kier molecular flexibility index (Phi) is 5.59. The Bertz CT molecular complexity index is 1530. The molecule has 1 amide bonds. The highest BCUT2D eigenvalue weighted by atomic mass is 32.1. The fraction of sp³-hybridized carbons (Fsp3) is 0.154. The fourth-order valence-corrected chi connectivity index (χ4v) is 4.79. The maximum absolute atomic E-state index is 12.4. The van der Waals surface area contributed by atoms with E-state index in [1.165, 1.54) is 11.3 Å². The standard InChI is InChI=1S/C26H21N7OS/c34-24(19-14-15-19)27-26-33(30-25(35-26)20-6-2-1-3-7-20)16-17-10-12-18(13-11-17)21-8-4-5-9-22(21)23-28-31-32-29-23/h1-13,19H,14-16H2,(H,28,29,31,32). The second kappa shape index (κ2) is 9.19. The zero-order valence-corrected chi connectivity index (χ0v) is 19.5. The number of aromatic nitrogens is 6. The molecule has 5 aromatic rings. The van der Waals surface area contributed by atoms with Crippen LogP contribution in [0, 0.1) is 5.92 Å². The first kappa shape index (κ1) is 21.3. The van der Waals surface area contributed by atoms with Gasteiger partial charge < -0.3 is 0 Å². The van der Waals surface area contributed by atoms with Crippen molar-refractivity contribution in [2.75, 3.05) is 0 Å². The number of amides is 1. The van der Waals surface area contributed by atoms with E-state index in [-0.39, 0.29) is 11.8 Å². The molecule has 3 aromatic carbocycles. The number of aromatic amines is 1. The molecule has 1 fully saturated rings. The Balaban J connectivity index is 1.32. The van der Waals surface area contributed by atoms with Gasteiger partial charge >= 0.3 is 0 Å². The molecule has 8 nitrogen and oxygen atoms in total. The topological polar surface area (TPSA) is 102 Å². The van der Waals surface area contributed by atoms with Crippen LogP contribution >= 0.6 is 11.3 Å². The summed E-state index contributed by atoms with van der Waals surface area (Å²) in [5.41, 5.74) is 5.07. The SMILES string of the molecule is O=C(N=c1sc(-c2ccccc2)nn1Cc1ccc(-c2ccccc2-c2nn[nH]n2)cc1)C1CC1. The molecule has 2 heterocycles. The number of carbonyl (C=O) groups excluding carboxylic acids is 1. The minimum Gasteiger partial charge on any atom is -0.272 e. The molecule has 0 spiro atoms. The van der Waals surface area contributed by atoms with Crippen LogP contribution in [0.15, 0.2) is 83.9 Å². The van der Waals surface area contributed by atoms with Gasteiger partial charge in [-0.15, -0.1) is 10.2 Å². The molecule has 0 saturated heterocycles. The van der Waals surface area contributed by atoms with Crippen molar-refractivity contribution in [3.8, 4) is 33.1 Å². The minimum absolute atomic E-state index is 0.0459. The number of nitrogens with one attached hydrogen (secondary N) is 1. The zero-order chi connectivity index (χ0) is 23.6. The number of benzene rings is 3. The van der Waals surface area contributed by atoms with Gasteiger partial charge in [0.25, 0.3) is 5.91 Å². The normalized spacial score (nSPS) is 13.8. The second-order valence-electron chi connectivity index (χ2n) is 8.42. The van der Waals surface area contributed by atoms with Gasteiger partial charge in [-0.25, -0.2) is 4.68 Å². The molecule has 35 heavy (non-hydrogen) atoms. The van der Waals surface area contributed by atoms with Crippen LogP contribution in [0.1, 0.15) is 18.4 Å². The van der Waals surface area contributed by atoms with Gasteiger partial charge in [-0.05, 0) is 34.7 Å². The number of H-pyrrole nitrogens is 1. The van der Waals surface area contributed by atoms with Crippen molar-refractivity contribution in [2.45, 2.75) is 19.4 Å². The van der Waals surface area contributed by atoms with E-state index >= 15 is 0 Å². The summed E-state index contributed by atoms with van der Waals surface area (Å²) in [6, 6.07) is 26.3. The molecule has 9 heteroatoms. The van der Waals surface area contributed by atoms with Gasteiger partial charge in [-0.2, -0.15) is 15.3 Å². The van der Waals surface area contributed by atoms with Crippen LogP contribution in [0.4, 0.5) is 0 Å². The first-order valence-corrected chi connectivity index (χ1v) is 12.2. The Labute approximate surface area is 205 Å². The van der Waals surface area contributed by atoms with Gasteiger partial charge in [0, 0.05) is 17.0 Å². The number of tetrazole rings is 1. The predicted molar refractivity (Wildman–Crippen MR) is 133 cm³/mol. The van der Waals surface area contributed by atoms with Crippen LogP contribution in [-0.4, -0.2) is 36.3 Å². The third kappa shape index (κ3) is 4.58. The summed E-state index contributed by atoms with van der Waals surface area (Å²) in [7, 11) is 0. The summed E-state index contributed by atoms with van der Waals surface area (Å²) in [5.74, 6) is 0.586. The predicted octanol–water partition coefficient (Wildman–Crippen LogP) is 4.34. The van der Waals surface area contributed by atoms with Crippen molar-refractivity contribution in [1.82, 2.24) is 30.4 Å². The number of carbonyl (C=O) groups is 1. The molecule has 1 aliphatic rings. The van der Waals surface area contributed by atoms with E-state index in [1.54, 1.807) is 0 Å². The number of hydrogen-bond donors (Lipinski definition) is 1. The summed E-state index contributed by atoms with van der Waals surface area (Å²) in [6.07, 6.45) is 1.86. The monoisotopic (exact) mass is 479 g/mol. The molecule has 172 valence electrons. The first-order valence-electron chi connectivity index (χ1n) is 11.4. The van der Waals surface area contributed by atoms with E-state index in [9.17, 15) is 4.79 Å². The molecule has 0 aliphatic heterocycles. The molecule has 0 atom stereocenters. The zero-order valence-electron chi connectivity index (χ0n) is 18.7. The van der Waals surface area contributed by atoms with Crippen LogP contribution < -0.4 is 4.80 Å². The average molecular weight is 480 g/mol. The van der Waals surface area contributed by atoms with E-state index in [0.717, 1.165) is 45.7 Å². The summed E-state index contributed by atoms with van der Waals surface area (Å²) < 4.78 is 1.83. The molecule has 0 bridgehead atoms. The molecular formula is C26H21N7OS. The van der Waals surface area contributed by atoms with Gasteiger partial charge in [-0.3, -0.25) is 4.79 Å². The van der Waals surface area contributed by atoms with Gasteiger partial charge in [-0.1, -0.05) is 90.2 Å². The lowest BCUT2D eigenvalue weighted by Gasteiger charge is -2.08. The highest BCUT2D eigenvalue weighted by Gasteiger charge is 2.29. The maximum Gasteiger partial charge on any atom is 0.251 e. The van der Waals surface area contributed by atoms with E-state index in [1.807, 2.05) is 59.3 Å². The first-order chi connectivity index (χ1) is 17.2. The fourth-order valence-electron chi connectivity index (χ4n) is 3.88. The van der Waals surface area contributed by atoms with E-state index in [2.05, 4.69) is 49.9 Å². The molecule has 6 rings (SSSR count). The van der Waals surface area contributed by atoms with E-state index in [0.29, 0.717) is 17.2 Å². The molecule has 0 unspecified atom stereocenters. The van der Waals surface area contributed by atoms with Crippen molar-refractivity contribution in [3.05, 3.63) is 89.2 Å². The van der Waals surface area contributed by atoms with Crippen LogP contribution in [0.2, 0.25) is 0 Å². The Morgan fingerprint density at radius 2 is 1.69 bits per heavy atom. The van der Waals surface area contributed by atoms with Gasteiger partial charge in [0.05, 0.1) is 6.54 Å². The van der Waals surface area contributed by atoms with Crippen molar-refractivity contribution in [3.63, 3.8) is 0 Å². The summed E-state index contributed by atoms with van der Waals surface area (Å²) in [4.78, 5) is 17.5. The van der Waals surface area contributed by atoms with E-state index < -0.39 is 0 Å². The molecular weight excluding hydrogens is 458 g/mol. The van der Waals surface area contributed by atoms with Crippen LogP contribution in [0.25, 0.3) is 33.1 Å². The Hall–Kier alpha value is -4.24. The summed E-state index contributed by atoms with van der Waals surface area (Å²) in [6.45, 7) is 0.521. The Morgan fingerprint density at radius 3 is 2.40 bits per heavy atom. The molecule has 0 radical (unpaired) electrons. The lowest BCUT2D eigenvalue weighted by molar-refractivity contribution is -0.119. The highest BCUT2D eigenvalue weighted by molar-refractivity contribution is 7.12. The second-order valence-corrected chi connectivity index (χ2v) is 9.37. The average Bonchev–Trinajstić information content (AvgIpc) is 3.48. The van der Waals surface area contributed by atoms with Crippen LogP contribution in [-0.2, 0) is 11.3 Å². The Morgan fingerprint density at radius 1 is 0.943 bits per heavy atom. The van der Waals surface area contributed by atoms with Gasteiger partial charge in [0.15, 0.2) is 0 Å². The van der Waals surface area contributed by atoms with Gasteiger partial charge in [0.1, 0.15) is 5.01 Å². The smallest absolute Gasteiger partial charge is 0.251 e. The van der Waals surface area contributed by atoms with E-state index in [4.69, 9.17) is 5.10 Å². The van der Waals surface area contributed by atoms with Crippen molar-refractivity contribution < 1.29 is 4.79 Å². The third-order valence-electron chi connectivity index (χ3n) is 5.88. The molecule has 1 saturated carbocycles. The van der Waals surface area contributed by atoms with Crippen LogP contribution in [0.5, 0.6) is 0 Å². The number of rotatable bonds is 6. The number of hydrogen-bond acceptors (Lipinski definition) is 6.